The van der Waals surface area contributed by atoms with E-state index in [1.807, 2.05) is 0 Å². The summed E-state index contributed by atoms with van der Waals surface area (Å²) < 4.78 is 33.4. The van der Waals surface area contributed by atoms with Crippen molar-refractivity contribution in [1.82, 2.24) is 15.0 Å². The largest absolute Gasteiger partial charge is 0.506 e. The van der Waals surface area contributed by atoms with Gasteiger partial charge < -0.3 is 21.3 Å². The van der Waals surface area contributed by atoms with Gasteiger partial charge in [0.25, 0.3) is 15.8 Å². The zero-order valence-electron chi connectivity index (χ0n) is 18.5. The summed E-state index contributed by atoms with van der Waals surface area (Å²) in [5, 5.41) is 42.5. The number of nitro benzene ring substituents is 1. The van der Waals surface area contributed by atoms with E-state index in [2.05, 4.69) is 30.5 Å². The first kappa shape index (κ1) is 25.4. The predicted molar refractivity (Wildman–Crippen MR) is 132 cm³/mol. The Balaban J connectivity index is 1.92. The molecule has 0 bridgehead atoms. The summed E-state index contributed by atoms with van der Waals surface area (Å²) in [5.41, 5.74) is 5.12. The van der Waals surface area contributed by atoms with Crippen LogP contribution in [0.5, 0.6) is 11.5 Å². The van der Waals surface area contributed by atoms with Crippen LogP contribution in [0, 0.1) is 17.0 Å². The quantitative estimate of drug-likeness (QED) is 0.0983. The molecule has 190 valence electrons. The fraction of sp³-hybridized carbons (Fsp3) is 0.0500. The summed E-state index contributed by atoms with van der Waals surface area (Å²) in [5.74, 6) is -1.32. The molecule has 0 fully saturated rings. The van der Waals surface area contributed by atoms with Crippen molar-refractivity contribution >= 4 is 67.1 Å². The lowest BCUT2D eigenvalue weighted by atomic mass is 10.0. The number of phenols is 2. The molecule has 0 saturated carbocycles. The monoisotopic (exact) mass is 546 g/mol. The first-order valence-corrected chi connectivity index (χ1v) is 11.8. The number of nitrogens with zero attached hydrogens (tertiary/aromatic N) is 6. The second-order valence-corrected chi connectivity index (χ2v) is 9.24. The van der Waals surface area contributed by atoms with Gasteiger partial charge in [-0.1, -0.05) is 0 Å². The van der Waals surface area contributed by atoms with Crippen molar-refractivity contribution in [2.75, 3.05) is 11.1 Å². The molecule has 17 heteroatoms. The number of aromatic hydroxyl groups is 2. The maximum Gasteiger partial charge on any atom is 0.294 e. The summed E-state index contributed by atoms with van der Waals surface area (Å²) in [6, 6.07) is 6.72. The van der Waals surface area contributed by atoms with Crippen LogP contribution in [0.25, 0.3) is 10.8 Å². The molecule has 1 aromatic heterocycles. The molecular formula is C20H15ClN8O7S. The third-order valence-electron chi connectivity index (χ3n) is 4.95. The first-order valence-electron chi connectivity index (χ1n) is 9.94. The minimum atomic E-state index is -4.67. The number of aromatic nitrogens is 3. The minimum Gasteiger partial charge on any atom is -0.506 e. The predicted octanol–water partition coefficient (Wildman–Crippen LogP) is 4.29. The van der Waals surface area contributed by atoms with Gasteiger partial charge in [-0.2, -0.15) is 23.4 Å². The van der Waals surface area contributed by atoms with E-state index in [-0.39, 0.29) is 50.7 Å². The van der Waals surface area contributed by atoms with Crippen LogP contribution in [-0.2, 0) is 10.1 Å². The van der Waals surface area contributed by atoms with Crippen LogP contribution in [0.2, 0.25) is 5.28 Å². The molecule has 1 heterocycles. The number of nitrogens with one attached hydrogen (secondary N) is 1. The van der Waals surface area contributed by atoms with Crippen LogP contribution in [-0.4, -0.2) is 43.1 Å². The minimum absolute atomic E-state index is 0.0188. The first-order chi connectivity index (χ1) is 17.3. The number of nitro groups is 1. The summed E-state index contributed by atoms with van der Waals surface area (Å²) in [7, 11) is -4.67. The van der Waals surface area contributed by atoms with Gasteiger partial charge in [-0.25, -0.2) is 0 Å². The van der Waals surface area contributed by atoms with Crippen molar-refractivity contribution in [1.29, 1.82) is 0 Å². The zero-order chi connectivity index (χ0) is 27.1. The molecule has 0 spiro atoms. The number of hydrogen-bond donors (Lipinski definition) is 5. The third-order valence-corrected chi connectivity index (χ3v) is 5.95. The second kappa shape index (κ2) is 9.41. The number of phenolic OH excluding ortho intramolecular Hbond substituents is 2. The average molecular weight is 547 g/mol. The lowest BCUT2D eigenvalue weighted by Crippen LogP contribution is -2.05. The molecule has 4 aromatic rings. The van der Waals surface area contributed by atoms with Crippen LogP contribution < -0.4 is 11.1 Å². The number of hydrogen-bond acceptors (Lipinski definition) is 13. The number of nitrogens with two attached hydrogens (primary N) is 1. The van der Waals surface area contributed by atoms with E-state index in [4.69, 9.17) is 17.3 Å². The maximum absolute atomic E-state index is 11.9. The molecule has 3 aromatic carbocycles. The summed E-state index contributed by atoms with van der Waals surface area (Å²) >= 11 is 5.80. The van der Waals surface area contributed by atoms with Crippen molar-refractivity contribution < 1.29 is 28.1 Å². The second-order valence-electron chi connectivity index (χ2n) is 7.48. The van der Waals surface area contributed by atoms with Crippen LogP contribution in [0.1, 0.15) is 5.56 Å². The van der Waals surface area contributed by atoms with Crippen molar-refractivity contribution in [3.63, 3.8) is 0 Å². The number of nitrogen functional groups attached to an aromatic ring is 1. The molecule has 0 aliphatic rings. The fourth-order valence-electron chi connectivity index (χ4n) is 3.35. The SMILES string of the molecule is Cc1cc2cc(S(=O)(=O)O)cc(Nc3nc(N)nc(Cl)n3)c2c(O)c1N=Nc1cc([N+](=O)[O-])ccc1O. The van der Waals surface area contributed by atoms with Crippen LogP contribution in [0.4, 0.5) is 34.6 Å². The van der Waals surface area contributed by atoms with Gasteiger partial charge in [0.05, 0.1) is 15.5 Å². The molecule has 0 aliphatic carbocycles. The van der Waals surface area contributed by atoms with Crippen molar-refractivity contribution in [2.24, 2.45) is 10.2 Å². The highest BCUT2D eigenvalue weighted by molar-refractivity contribution is 7.85. The summed E-state index contributed by atoms with van der Waals surface area (Å²) in [4.78, 5) is 21.2. The normalized spacial score (nSPS) is 11.8. The van der Waals surface area contributed by atoms with Gasteiger partial charge in [-0.15, -0.1) is 10.2 Å². The van der Waals surface area contributed by atoms with E-state index < -0.39 is 31.4 Å². The molecular weight excluding hydrogens is 532 g/mol. The van der Waals surface area contributed by atoms with Gasteiger partial charge >= 0.3 is 0 Å². The summed E-state index contributed by atoms with van der Waals surface area (Å²) in [6.07, 6.45) is 0. The Morgan fingerprint density at radius 2 is 1.84 bits per heavy atom. The molecule has 4 rings (SSSR count). The number of rotatable bonds is 6. The van der Waals surface area contributed by atoms with Gasteiger partial charge in [0, 0.05) is 17.5 Å². The van der Waals surface area contributed by atoms with Crippen molar-refractivity contribution in [2.45, 2.75) is 11.8 Å². The van der Waals surface area contributed by atoms with Crippen LogP contribution in [0.15, 0.2) is 51.5 Å². The summed E-state index contributed by atoms with van der Waals surface area (Å²) in [6.45, 7) is 1.53. The van der Waals surface area contributed by atoms with Gasteiger partial charge in [0.15, 0.2) is 5.75 Å². The van der Waals surface area contributed by atoms with Gasteiger partial charge in [-0.3, -0.25) is 14.7 Å². The van der Waals surface area contributed by atoms with E-state index in [0.29, 0.717) is 5.56 Å². The lowest BCUT2D eigenvalue weighted by molar-refractivity contribution is -0.384. The Labute approximate surface area is 212 Å². The van der Waals surface area contributed by atoms with E-state index in [1.165, 1.54) is 13.0 Å². The highest BCUT2D eigenvalue weighted by Gasteiger charge is 2.20. The van der Waals surface area contributed by atoms with Gasteiger partial charge in [0.1, 0.15) is 17.1 Å². The van der Waals surface area contributed by atoms with Crippen molar-refractivity contribution in [3.05, 3.63) is 57.4 Å². The van der Waals surface area contributed by atoms with Crippen LogP contribution in [0.3, 0.4) is 0 Å². The van der Waals surface area contributed by atoms with Crippen LogP contribution >= 0.6 is 11.6 Å². The highest BCUT2D eigenvalue weighted by atomic mass is 35.5. The molecule has 15 nitrogen and oxygen atoms in total. The standard InChI is InChI=1S/C20H15ClN8O7S/c1-8-4-9-5-11(37(34,35)36)7-13(23-20-25-18(21)24-19(22)26-20)15(9)17(31)16(8)28-27-12-6-10(29(32)33)2-3-14(12)30/h2-7,30-31H,1H3,(H,34,35,36)(H3,22,23,24,25,26). The molecule has 0 amide bonds. The molecule has 0 atom stereocenters. The fourth-order valence-corrected chi connectivity index (χ4v) is 4.06. The van der Waals surface area contributed by atoms with E-state index >= 15 is 0 Å². The number of fused-ring (bicyclic) bond motifs is 1. The molecule has 0 unspecified atom stereocenters. The number of halogens is 1. The Hall–Kier alpha value is -4.67. The number of azo groups is 1. The van der Waals surface area contributed by atoms with Gasteiger partial charge in [0.2, 0.25) is 17.2 Å². The van der Waals surface area contributed by atoms with Gasteiger partial charge in [-0.05, 0) is 53.7 Å². The highest BCUT2D eigenvalue weighted by Crippen LogP contribution is 2.44. The number of benzene rings is 3. The Kier molecular flexibility index (Phi) is 6.47. The molecule has 0 saturated heterocycles. The van der Waals surface area contributed by atoms with E-state index in [9.17, 15) is 33.3 Å². The topological polar surface area (TPSA) is 239 Å². The maximum atomic E-state index is 11.9. The zero-order valence-corrected chi connectivity index (χ0v) is 20.1. The third kappa shape index (κ3) is 5.30. The van der Waals surface area contributed by atoms with Crippen molar-refractivity contribution in [3.8, 4) is 11.5 Å². The Morgan fingerprint density at radius 3 is 2.49 bits per heavy atom. The Bertz CT molecular complexity index is 1710. The van der Waals surface area contributed by atoms with E-state index in [0.717, 1.165) is 30.3 Å². The molecule has 37 heavy (non-hydrogen) atoms. The number of aryl methyl sites for hydroxylation is 1. The molecule has 0 radical (unpaired) electrons. The molecule has 6 N–H and O–H groups in total. The Morgan fingerprint density at radius 1 is 1.11 bits per heavy atom. The number of non-ortho nitro benzene ring substituents is 1. The van der Waals surface area contributed by atoms with E-state index in [1.54, 1.807) is 0 Å². The molecule has 0 aliphatic heterocycles. The number of anilines is 3. The smallest absolute Gasteiger partial charge is 0.294 e. The average Bonchev–Trinajstić information content (AvgIpc) is 2.78. The lowest BCUT2D eigenvalue weighted by Gasteiger charge is -2.14.